The highest BCUT2D eigenvalue weighted by molar-refractivity contribution is 14.0. The number of unbranched alkanes of at least 4 members (excludes halogenated alkanes) is 2. The van der Waals surface area contributed by atoms with Gasteiger partial charge in [-0.3, -0.25) is 9.89 Å². The molecule has 1 heterocycles. The fourth-order valence-corrected chi connectivity index (χ4v) is 2.76. The van der Waals surface area contributed by atoms with Crippen LogP contribution in [-0.2, 0) is 4.74 Å². The minimum atomic E-state index is 0. The van der Waals surface area contributed by atoms with E-state index >= 15 is 0 Å². The van der Waals surface area contributed by atoms with Gasteiger partial charge >= 0.3 is 0 Å². The topological polar surface area (TPSA) is 48.9 Å². The Bertz CT molecular complexity index is 309. The SMILES string of the molecule is CCCCCC(C)NC(=NC)NCC(C)CN1CCOCC1.I. The number of guanidine groups is 1. The van der Waals surface area contributed by atoms with Crippen molar-refractivity contribution < 1.29 is 4.74 Å². The Hall–Kier alpha value is -0.0800. The predicted octanol–water partition coefficient (Wildman–Crippen LogP) is 2.71. The average Bonchev–Trinajstić information content (AvgIpc) is 2.52. The maximum absolute atomic E-state index is 5.39. The molecule has 6 heteroatoms. The number of hydrogen-bond donors (Lipinski definition) is 2. The van der Waals surface area contributed by atoms with Crippen molar-refractivity contribution in [2.75, 3.05) is 46.4 Å². The van der Waals surface area contributed by atoms with Gasteiger partial charge in [-0.1, -0.05) is 33.1 Å². The number of rotatable bonds is 9. The molecule has 0 spiro atoms. The van der Waals surface area contributed by atoms with Crippen LogP contribution in [0.2, 0.25) is 0 Å². The molecule has 2 atom stereocenters. The van der Waals surface area contributed by atoms with E-state index in [1.54, 1.807) is 0 Å². The normalized spacial score (nSPS) is 18.9. The van der Waals surface area contributed by atoms with Crippen molar-refractivity contribution in [1.82, 2.24) is 15.5 Å². The first-order valence-electron chi connectivity index (χ1n) is 8.93. The zero-order valence-electron chi connectivity index (χ0n) is 15.4. The zero-order valence-corrected chi connectivity index (χ0v) is 17.8. The van der Waals surface area contributed by atoms with Gasteiger partial charge in [0.05, 0.1) is 13.2 Å². The molecular formula is C17H37IN4O. The summed E-state index contributed by atoms with van der Waals surface area (Å²) in [6.45, 7) is 12.7. The lowest BCUT2D eigenvalue weighted by molar-refractivity contribution is 0.0320. The first-order chi connectivity index (χ1) is 10.7. The molecule has 2 N–H and O–H groups in total. The van der Waals surface area contributed by atoms with Gasteiger partial charge < -0.3 is 15.4 Å². The Morgan fingerprint density at radius 2 is 1.91 bits per heavy atom. The lowest BCUT2D eigenvalue weighted by Gasteiger charge is -2.29. The summed E-state index contributed by atoms with van der Waals surface area (Å²) in [6, 6.07) is 0.479. The lowest BCUT2D eigenvalue weighted by Crippen LogP contribution is -2.46. The molecule has 1 fully saturated rings. The summed E-state index contributed by atoms with van der Waals surface area (Å²) in [5.74, 6) is 1.53. The molecule has 0 bridgehead atoms. The van der Waals surface area contributed by atoms with Crippen LogP contribution in [0, 0.1) is 5.92 Å². The van der Waals surface area contributed by atoms with E-state index < -0.39 is 0 Å². The van der Waals surface area contributed by atoms with Gasteiger partial charge in [0.1, 0.15) is 0 Å². The van der Waals surface area contributed by atoms with E-state index in [-0.39, 0.29) is 24.0 Å². The van der Waals surface area contributed by atoms with Crippen LogP contribution in [0.5, 0.6) is 0 Å². The minimum absolute atomic E-state index is 0. The second kappa shape index (κ2) is 14.3. The van der Waals surface area contributed by atoms with Crippen molar-refractivity contribution in [2.24, 2.45) is 10.9 Å². The summed E-state index contributed by atoms with van der Waals surface area (Å²) in [5, 5.41) is 6.95. The Labute approximate surface area is 160 Å². The number of ether oxygens (including phenoxy) is 1. The molecule has 0 saturated carbocycles. The van der Waals surface area contributed by atoms with Gasteiger partial charge in [-0.05, 0) is 19.3 Å². The van der Waals surface area contributed by atoms with Crippen LogP contribution in [0.15, 0.2) is 4.99 Å². The van der Waals surface area contributed by atoms with Crippen LogP contribution in [0.3, 0.4) is 0 Å². The molecule has 5 nitrogen and oxygen atoms in total. The lowest BCUT2D eigenvalue weighted by atomic mass is 10.1. The van der Waals surface area contributed by atoms with Crippen molar-refractivity contribution in [2.45, 2.75) is 52.5 Å². The first-order valence-corrected chi connectivity index (χ1v) is 8.93. The van der Waals surface area contributed by atoms with Gasteiger partial charge in [-0.25, -0.2) is 0 Å². The first kappa shape index (κ1) is 22.9. The molecule has 0 aromatic rings. The van der Waals surface area contributed by atoms with Crippen LogP contribution in [-0.4, -0.2) is 63.3 Å². The fourth-order valence-electron chi connectivity index (χ4n) is 2.76. The van der Waals surface area contributed by atoms with Crippen LogP contribution in [0.4, 0.5) is 0 Å². The molecule has 0 aliphatic carbocycles. The quantitative estimate of drug-likeness (QED) is 0.251. The van der Waals surface area contributed by atoms with Gasteiger partial charge in [0.2, 0.25) is 0 Å². The summed E-state index contributed by atoms with van der Waals surface area (Å²) < 4.78 is 5.39. The summed E-state index contributed by atoms with van der Waals surface area (Å²) >= 11 is 0. The molecule has 138 valence electrons. The van der Waals surface area contributed by atoms with Crippen LogP contribution < -0.4 is 10.6 Å². The number of halogens is 1. The molecule has 2 unspecified atom stereocenters. The van der Waals surface area contributed by atoms with E-state index in [0.29, 0.717) is 12.0 Å². The average molecular weight is 440 g/mol. The number of morpholine rings is 1. The summed E-state index contributed by atoms with van der Waals surface area (Å²) in [5.41, 5.74) is 0. The van der Waals surface area contributed by atoms with Crippen molar-refractivity contribution in [3.05, 3.63) is 0 Å². The van der Waals surface area contributed by atoms with Crippen LogP contribution in [0.25, 0.3) is 0 Å². The summed E-state index contributed by atoms with van der Waals surface area (Å²) in [7, 11) is 1.85. The second-order valence-corrected chi connectivity index (χ2v) is 6.51. The molecular weight excluding hydrogens is 403 g/mol. The third-order valence-corrected chi connectivity index (χ3v) is 4.14. The molecule has 1 aliphatic rings. The number of aliphatic imine (C=N–C) groups is 1. The third kappa shape index (κ3) is 11.2. The summed E-state index contributed by atoms with van der Waals surface area (Å²) in [4.78, 5) is 6.82. The monoisotopic (exact) mass is 440 g/mol. The van der Waals surface area contributed by atoms with Gasteiger partial charge in [0.25, 0.3) is 0 Å². The van der Waals surface area contributed by atoms with Crippen molar-refractivity contribution in [1.29, 1.82) is 0 Å². The Morgan fingerprint density at radius 1 is 1.22 bits per heavy atom. The highest BCUT2D eigenvalue weighted by atomic mass is 127. The molecule has 1 rings (SSSR count). The number of hydrogen-bond acceptors (Lipinski definition) is 3. The van der Waals surface area contributed by atoms with Gasteiger partial charge in [0, 0.05) is 39.3 Å². The number of nitrogens with zero attached hydrogens (tertiary/aromatic N) is 2. The molecule has 0 aromatic carbocycles. The predicted molar refractivity (Wildman–Crippen MR) is 110 cm³/mol. The fraction of sp³-hybridized carbons (Fsp3) is 0.941. The largest absolute Gasteiger partial charge is 0.379 e. The maximum Gasteiger partial charge on any atom is 0.191 e. The van der Waals surface area contributed by atoms with Gasteiger partial charge in [0.15, 0.2) is 5.96 Å². The molecule has 23 heavy (non-hydrogen) atoms. The van der Waals surface area contributed by atoms with E-state index in [0.717, 1.165) is 45.4 Å². The van der Waals surface area contributed by atoms with Gasteiger partial charge in [-0.15, -0.1) is 24.0 Å². The zero-order chi connectivity index (χ0) is 16.2. The highest BCUT2D eigenvalue weighted by Gasteiger charge is 2.14. The Kier molecular flexibility index (Phi) is 14.2. The standard InChI is InChI=1S/C17H36N4O.HI/c1-5-6-7-8-16(3)20-17(18-4)19-13-15(2)14-21-9-11-22-12-10-21;/h15-16H,5-14H2,1-4H3,(H2,18,19,20);1H. The smallest absolute Gasteiger partial charge is 0.191 e. The number of nitrogens with one attached hydrogen (secondary N) is 2. The van der Waals surface area contributed by atoms with E-state index in [9.17, 15) is 0 Å². The highest BCUT2D eigenvalue weighted by Crippen LogP contribution is 2.04. The maximum atomic E-state index is 5.39. The van der Waals surface area contributed by atoms with Crippen molar-refractivity contribution in [3.8, 4) is 0 Å². The second-order valence-electron chi connectivity index (χ2n) is 6.51. The van der Waals surface area contributed by atoms with E-state index in [4.69, 9.17) is 4.74 Å². The van der Waals surface area contributed by atoms with Crippen molar-refractivity contribution >= 4 is 29.9 Å². The van der Waals surface area contributed by atoms with Gasteiger partial charge in [-0.2, -0.15) is 0 Å². The minimum Gasteiger partial charge on any atom is -0.379 e. The third-order valence-electron chi connectivity index (χ3n) is 4.14. The molecule has 1 aliphatic heterocycles. The molecule has 0 radical (unpaired) electrons. The summed E-state index contributed by atoms with van der Waals surface area (Å²) in [6.07, 6.45) is 5.08. The Balaban J connectivity index is 0.00000484. The van der Waals surface area contributed by atoms with Crippen LogP contribution >= 0.6 is 24.0 Å². The van der Waals surface area contributed by atoms with Crippen molar-refractivity contribution in [3.63, 3.8) is 0 Å². The Morgan fingerprint density at radius 3 is 2.52 bits per heavy atom. The molecule has 1 saturated heterocycles. The molecule has 0 amide bonds. The molecule has 0 aromatic heterocycles. The van der Waals surface area contributed by atoms with E-state index in [1.165, 1.54) is 25.7 Å². The van der Waals surface area contributed by atoms with E-state index in [2.05, 4.69) is 41.3 Å². The van der Waals surface area contributed by atoms with Crippen LogP contribution in [0.1, 0.15) is 46.5 Å². The van der Waals surface area contributed by atoms with E-state index in [1.807, 2.05) is 7.05 Å².